The van der Waals surface area contributed by atoms with Crippen molar-refractivity contribution in [3.05, 3.63) is 28.2 Å². The number of hydrogen-bond acceptors (Lipinski definition) is 1. The monoisotopic (exact) mass is 231 g/mol. The van der Waals surface area contributed by atoms with Gasteiger partial charge in [-0.25, -0.2) is 0 Å². The second kappa shape index (κ2) is 5.47. The van der Waals surface area contributed by atoms with E-state index in [-0.39, 0.29) is 0 Å². The van der Waals surface area contributed by atoms with Gasteiger partial charge in [0, 0.05) is 6.54 Å². The molecule has 1 unspecified atom stereocenters. The molecule has 1 aromatic carbocycles. The van der Waals surface area contributed by atoms with Crippen molar-refractivity contribution in [3.8, 4) is 0 Å². The Kier molecular flexibility index (Phi) is 4.56. The van der Waals surface area contributed by atoms with Gasteiger partial charge in [0.15, 0.2) is 0 Å². The number of halogens is 2. The molecule has 0 aliphatic heterocycles. The normalized spacial score (nSPS) is 12.6. The predicted octanol–water partition coefficient (Wildman–Crippen LogP) is 4.45. The van der Waals surface area contributed by atoms with E-state index < -0.39 is 0 Å². The van der Waals surface area contributed by atoms with Crippen molar-refractivity contribution in [3.63, 3.8) is 0 Å². The van der Waals surface area contributed by atoms with E-state index in [2.05, 4.69) is 19.2 Å². The third-order valence-corrected chi connectivity index (χ3v) is 2.92. The Morgan fingerprint density at radius 3 is 2.36 bits per heavy atom. The summed E-state index contributed by atoms with van der Waals surface area (Å²) in [7, 11) is 0. The SMILES string of the molecule is CCC(C)CNc1c(Cl)cccc1Cl. The van der Waals surface area contributed by atoms with Crippen molar-refractivity contribution < 1.29 is 0 Å². The first-order valence-electron chi connectivity index (χ1n) is 4.83. The predicted molar refractivity (Wildman–Crippen MR) is 64.4 cm³/mol. The first-order chi connectivity index (χ1) is 6.65. The third kappa shape index (κ3) is 3.07. The Bertz CT molecular complexity index is 279. The fraction of sp³-hybridized carbons (Fsp3) is 0.455. The molecule has 0 bridgehead atoms. The van der Waals surface area contributed by atoms with Gasteiger partial charge in [-0.05, 0) is 18.1 Å². The van der Waals surface area contributed by atoms with Crippen LogP contribution >= 0.6 is 23.2 Å². The lowest BCUT2D eigenvalue weighted by atomic mass is 10.1. The highest BCUT2D eigenvalue weighted by Crippen LogP contribution is 2.29. The average molecular weight is 232 g/mol. The number of nitrogens with one attached hydrogen (secondary N) is 1. The zero-order chi connectivity index (χ0) is 10.6. The second-order valence-electron chi connectivity index (χ2n) is 3.49. The van der Waals surface area contributed by atoms with Crippen molar-refractivity contribution in [2.45, 2.75) is 20.3 Å². The van der Waals surface area contributed by atoms with Gasteiger partial charge >= 0.3 is 0 Å². The highest BCUT2D eigenvalue weighted by molar-refractivity contribution is 6.39. The highest BCUT2D eigenvalue weighted by atomic mass is 35.5. The fourth-order valence-corrected chi connectivity index (χ4v) is 1.62. The number of para-hydroxylation sites is 1. The second-order valence-corrected chi connectivity index (χ2v) is 4.31. The minimum absolute atomic E-state index is 0.627. The first-order valence-corrected chi connectivity index (χ1v) is 5.58. The molecule has 1 N–H and O–H groups in total. The van der Waals surface area contributed by atoms with Crippen molar-refractivity contribution >= 4 is 28.9 Å². The van der Waals surface area contributed by atoms with Crippen molar-refractivity contribution in [2.75, 3.05) is 11.9 Å². The Morgan fingerprint density at radius 1 is 1.29 bits per heavy atom. The van der Waals surface area contributed by atoms with Gasteiger partial charge in [-0.15, -0.1) is 0 Å². The molecule has 78 valence electrons. The lowest BCUT2D eigenvalue weighted by molar-refractivity contribution is 0.593. The van der Waals surface area contributed by atoms with E-state index in [1.165, 1.54) is 0 Å². The van der Waals surface area contributed by atoms with Gasteiger partial charge in [0.2, 0.25) is 0 Å². The summed E-state index contributed by atoms with van der Waals surface area (Å²) in [4.78, 5) is 0. The molecule has 14 heavy (non-hydrogen) atoms. The van der Waals surface area contributed by atoms with Gasteiger partial charge in [0.25, 0.3) is 0 Å². The third-order valence-electron chi connectivity index (χ3n) is 2.29. The van der Waals surface area contributed by atoms with Crippen LogP contribution in [0, 0.1) is 5.92 Å². The molecule has 0 aliphatic carbocycles. The van der Waals surface area contributed by atoms with Gasteiger partial charge < -0.3 is 5.32 Å². The van der Waals surface area contributed by atoms with Gasteiger partial charge in [0.05, 0.1) is 15.7 Å². The summed E-state index contributed by atoms with van der Waals surface area (Å²) in [5.41, 5.74) is 0.844. The van der Waals surface area contributed by atoms with E-state index in [0.717, 1.165) is 18.7 Å². The molecule has 0 fully saturated rings. The molecule has 1 rings (SSSR count). The number of benzene rings is 1. The van der Waals surface area contributed by atoms with E-state index in [0.29, 0.717) is 16.0 Å². The zero-order valence-electron chi connectivity index (χ0n) is 8.48. The molecule has 0 heterocycles. The van der Waals surface area contributed by atoms with E-state index in [1.807, 2.05) is 18.2 Å². The molecule has 0 amide bonds. The van der Waals surface area contributed by atoms with E-state index in [1.54, 1.807) is 0 Å². The van der Waals surface area contributed by atoms with Crippen LogP contribution in [0.1, 0.15) is 20.3 Å². The van der Waals surface area contributed by atoms with Gasteiger partial charge in [-0.2, -0.15) is 0 Å². The van der Waals surface area contributed by atoms with Crippen LogP contribution < -0.4 is 5.32 Å². The van der Waals surface area contributed by atoms with E-state index in [9.17, 15) is 0 Å². The number of rotatable bonds is 4. The fourth-order valence-electron chi connectivity index (χ4n) is 1.09. The number of anilines is 1. The lowest BCUT2D eigenvalue weighted by Gasteiger charge is -2.13. The molecule has 0 spiro atoms. The van der Waals surface area contributed by atoms with Crippen molar-refractivity contribution in [1.82, 2.24) is 0 Å². The molecule has 1 aromatic rings. The minimum atomic E-state index is 0.627. The van der Waals surface area contributed by atoms with Crippen LogP contribution in [0.3, 0.4) is 0 Å². The van der Waals surface area contributed by atoms with Crippen LogP contribution in [0.2, 0.25) is 10.0 Å². The molecule has 0 saturated carbocycles. The van der Waals surface area contributed by atoms with Gasteiger partial charge in [0.1, 0.15) is 0 Å². The molecule has 3 heteroatoms. The van der Waals surface area contributed by atoms with Crippen molar-refractivity contribution in [2.24, 2.45) is 5.92 Å². The smallest absolute Gasteiger partial charge is 0.0719 e. The maximum absolute atomic E-state index is 6.01. The topological polar surface area (TPSA) is 12.0 Å². The van der Waals surface area contributed by atoms with Crippen LogP contribution in [0.4, 0.5) is 5.69 Å². The van der Waals surface area contributed by atoms with Crippen molar-refractivity contribution in [1.29, 1.82) is 0 Å². The van der Waals surface area contributed by atoms with Crippen LogP contribution in [-0.4, -0.2) is 6.54 Å². The zero-order valence-corrected chi connectivity index (χ0v) is 9.99. The van der Waals surface area contributed by atoms with Gasteiger partial charge in [-0.3, -0.25) is 0 Å². The molecule has 0 saturated heterocycles. The summed E-state index contributed by atoms with van der Waals surface area (Å²) in [6.45, 7) is 5.26. The standard InChI is InChI=1S/C11H15Cl2N/c1-3-8(2)7-14-11-9(12)5-4-6-10(11)13/h4-6,8,14H,3,7H2,1-2H3. The van der Waals surface area contributed by atoms with E-state index in [4.69, 9.17) is 23.2 Å². The first kappa shape index (κ1) is 11.7. The Morgan fingerprint density at radius 2 is 1.86 bits per heavy atom. The summed E-state index contributed by atoms with van der Waals surface area (Å²) in [5.74, 6) is 0.627. The summed E-state index contributed by atoms with van der Waals surface area (Å²) in [5, 5.41) is 4.63. The number of hydrogen-bond donors (Lipinski definition) is 1. The van der Waals surface area contributed by atoms with Crippen LogP contribution in [0.25, 0.3) is 0 Å². The molecule has 1 nitrogen and oxygen atoms in total. The van der Waals surface area contributed by atoms with E-state index >= 15 is 0 Å². The molecule has 1 atom stereocenters. The maximum Gasteiger partial charge on any atom is 0.0719 e. The molecule has 0 aromatic heterocycles. The minimum Gasteiger partial charge on any atom is -0.382 e. The van der Waals surface area contributed by atoms with Gasteiger partial charge in [-0.1, -0.05) is 49.5 Å². The molecular formula is C11H15Cl2N. The Hall–Kier alpha value is -0.400. The summed E-state index contributed by atoms with van der Waals surface area (Å²) in [6.07, 6.45) is 1.15. The molecule has 0 radical (unpaired) electrons. The largest absolute Gasteiger partial charge is 0.382 e. The molecular weight excluding hydrogens is 217 g/mol. The van der Waals surface area contributed by atoms with Crippen LogP contribution in [0.15, 0.2) is 18.2 Å². The lowest BCUT2D eigenvalue weighted by Crippen LogP contribution is -2.10. The summed E-state index contributed by atoms with van der Waals surface area (Å²) in [6, 6.07) is 5.53. The Labute approximate surface area is 95.4 Å². The maximum atomic E-state index is 6.01. The van der Waals surface area contributed by atoms with Crippen LogP contribution in [0.5, 0.6) is 0 Å². The van der Waals surface area contributed by atoms with Crippen LogP contribution in [-0.2, 0) is 0 Å². The Balaban J connectivity index is 2.66. The quantitative estimate of drug-likeness (QED) is 0.808. The summed E-state index contributed by atoms with van der Waals surface area (Å²) < 4.78 is 0. The molecule has 0 aliphatic rings. The highest BCUT2D eigenvalue weighted by Gasteiger charge is 2.05. The average Bonchev–Trinajstić information content (AvgIpc) is 2.16. The summed E-state index contributed by atoms with van der Waals surface area (Å²) >= 11 is 12.0.